The van der Waals surface area contributed by atoms with E-state index in [0.717, 1.165) is 0 Å². The van der Waals surface area contributed by atoms with E-state index in [1.54, 1.807) is 6.92 Å². The fourth-order valence-electron chi connectivity index (χ4n) is 0.667. The molecule has 0 rings (SSSR count). The second kappa shape index (κ2) is 8.52. The van der Waals surface area contributed by atoms with Gasteiger partial charge in [-0.15, -0.1) is 0 Å². The molecule has 14 heavy (non-hydrogen) atoms. The van der Waals surface area contributed by atoms with Gasteiger partial charge in [0.2, 0.25) is 0 Å². The topological polar surface area (TPSA) is 65.0 Å². The third-order valence-electron chi connectivity index (χ3n) is 1.35. The Balaban J connectivity index is 3.46. The maximum Gasteiger partial charge on any atom is 0.336 e. The second-order valence-electron chi connectivity index (χ2n) is 2.50. The predicted octanol–water partition coefficient (Wildman–Crippen LogP) is 0.0887. The van der Waals surface area contributed by atoms with Crippen LogP contribution in [0.3, 0.4) is 0 Å². The van der Waals surface area contributed by atoms with Crippen LogP contribution in [-0.4, -0.2) is 44.6 Å². The lowest BCUT2D eigenvalue weighted by Crippen LogP contribution is -2.06. The van der Waals surface area contributed by atoms with Gasteiger partial charge in [0.15, 0.2) is 0 Å². The average molecular weight is 204 g/mol. The van der Waals surface area contributed by atoms with Gasteiger partial charge in [-0.3, -0.25) is 0 Å². The van der Waals surface area contributed by atoms with Crippen LogP contribution in [-0.2, 0) is 19.0 Å². The van der Waals surface area contributed by atoms with E-state index in [2.05, 4.69) is 4.74 Å². The van der Waals surface area contributed by atoms with Gasteiger partial charge in [0.1, 0.15) is 6.61 Å². The van der Waals surface area contributed by atoms with Crippen molar-refractivity contribution in [2.45, 2.75) is 6.92 Å². The smallest absolute Gasteiger partial charge is 0.336 e. The van der Waals surface area contributed by atoms with E-state index in [0.29, 0.717) is 25.4 Å². The number of aliphatic hydroxyl groups is 1. The van der Waals surface area contributed by atoms with E-state index in [9.17, 15) is 4.79 Å². The summed E-state index contributed by atoms with van der Waals surface area (Å²) in [6, 6.07) is 0. The van der Waals surface area contributed by atoms with Crippen LogP contribution in [0, 0.1) is 0 Å². The zero-order chi connectivity index (χ0) is 10.8. The number of aliphatic hydroxyl groups excluding tert-OH is 1. The number of carbonyl (C=O) groups is 1. The first-order chi connectivity index (χ1) is 6.72. The van der Waals surface area contributed by atoms with E-state index >= 15 is 0 Å². The molecule has 5 nitrogen and oxygen atoms in total. The van der Waals surface area contributed by atoms with Crippen molar-refractivity contribution in [3.8, 4) is 0 Å². The fourth-order valence-corrected chi connectivity index (χ4v) is 0.667. The van der Waals surface area contributed by atoms with E-state index in [4.69, 9.17) is 14.6 Å². The Kier molecular flexibility index (Phi) is 7.87. The Morgan fingerprint density at radius 1 is 1.36 bits per heavy atom. The molecule has 0 fully saturated rings. The second-order valence-corrected chi connectivity index (χ2v) is 2.50. The number of hydrogen-bond donors (Lipinski definition) is 1. The van der Waals surface area contributed by atoms with Gasteiger partial charge in [0.25, 0.3) is 0 Å². The standard InChI is InChI=1S/C9H16O5/c1-8(9(11)12-2)7-14-6-5-13-4-3-10/h7,10H,3-6H2,1-2H3. The minimum Gasteiger partial charge on any atom is -0.498 e. The van der Waals surface area contributed by atoms with Gasteiger partial charge in [-0.05, 0) is 6.92 Å². The molecule has 0 saturated carbocycles. The van der Waals surface area contributed by atoms with Crippen LogP contribution in [0.1, 0.15) is 6.92 Å². The molecule has 0 spiro atoms. The zero-order valence-corrected chi connectivity index (χ0v) is 8.49. The lowest BCUT2D eigenvalue weighted by molar-refractivity contribution is -0.136. The van der Waals surface area contributed by atoms with Gasteiger partial charge in [-0.25, -0.2) is 4.79 Å². The highest BCUT2D eigenvalue weighted by Gasteiger charge is 2.01. The van der Waals surface area contributed by atoms with Crippen LogP contribution >= 0.6 is 0 Å². The maximum atomic E-state index is 10.8. The van der Waals surface area contributed by atoms with E-state index in [-0.39, 0.29) is 6.61 Å². The molecular formula is C9H16O5. The van der Waals surface area contributed by atoms with Crippen LogP contribution in [0.5, 0.6) is 0 Å². The molecule has 0 bridgehead atoms. The molecule has 0 atom stereocenters. The minimum atomic E-state index is -0.415. The van der Waals surface area contributed by atoms with Crippen LogP contribution < -0.4 is 0 Å². The Labute approximate surface area is 83.3 Å². The summed E-state index contributed by atoms with van der Waals surface area (Å²) >= 11 is 0. The Hall–Kier alpha value is -1.07. The molecule has 0 saturated heterocycles. The molecular weight excluding hydrogens is 188 g/mol. The summed E-state index contributed by atoms with van der Waals surface area (Å²) in [4.78, 5) is 10.8. The van der Waals surface area contributed by atoms with Crippen LogP contribution in [0.4, 0.5) is 0 Å². The molecule has 1 N–H and O–H groups in total. The van der Waals surface area contributed by atoms with Crippen LogP contribution in [0.2, 0.25) is 0 Å². The van der Waals surface area contributed by atoms with Gasteiger partial charge in [-0.2, -0.15) is 0 Å². The molecule has 0 aromatic rings. The highest BCUT2D eigenvalue weighted by molar-refractivity contribution is 5.87. The van der Waals surface area contributed by atoms with Crippen molar-refractivity contribution in [3.63, 3.8) is 0 Å². The van der Waals surface area contributed by atoms with Gasteiger partial charge in [0, 0.05) is 0 Å². The fraction of sp³-hybridized carbons (Fsp3) is 0.667. The highest BCUT2D eigenvalue weighted by atomic mass is 16.5. The zero-order valence-electron chi connectivity index (χ0n) is 8.49. The number of hydrogen-bond acceptors (Lipinski definition) is 5. The molecule has 82 valence electrons. The quantitative estimate of drug-likeness (QED) is 0.275. The monoisotopic (exact) mass is 204 g/mol. The number of ether oxygens (including phenoxy) is 3. The third-order valence-corrected chi connectivity index (χ3v) is 1.35. The predicted molar refractivity (Wildman–Crippen MR) is 49.6 cm³/mol. The van der Waals surface area contributed by atoms with Crippen molar-refractivity contribution in [3.05, 3.63) is 11.8 Å². The lowest BCUT2D eigenvalue weighted by Gasteiger charge is -2.03. The first-order valence-electron chi connectivity index (χ1n) is 4.27. The molecule has 0 amide bonds. The summed E-state index contributed by atoms with van der Waals surface area (Å²) < 4.78 is 14.4. The molecule has 5 heteroatoms. The SMILES string of the molecule is COC(=O)C(C)=COCCOCCO. The number of carbonyl (C=O) groups excluding carboxylic acids is 1. The summed E-state index contributed by atoms with van der Waals surface area (Å²) in [5.74, 6) is -0.415. The van der Waals surface area contributed by atoms with Crippen molar-refractivity contribution in [2.24, 2.45) is 0 Å². The summed E-state index contributed by atoms with van der Waals surface area (Å²) in [5, 5.41) is 8.38. The molecule has 0 radical (unpaired) electrons. The van der Waals surface area contributed by atoms with Crippen molar-refractivity contribution in [2.75, 3.05) is 33.5 Å². The molecule has 0 aliphatic heterocycles. The van der Waals surface area contributed by atoms with Gasteiger partial charge >= 0.3 is 5.97 Å². The molecule has 0 aliphatic rings. The van der Waals surface area contributed by atoms with Gasteiger partial charge in [0.05, 0.1) is 38.8 Å². The van der Waals surface area contributed by atoms with E-state index in [1.807, 2.05) is 0 Å². The normalized spacial score (nSPS) is 11.2. The maximum absolute atomic E-state index is 10.8. The first kappa shape index (κ1) is 12.9. The van der Waals surface area contributed by atoms with Gasteiger partial charge in [-0.1, -0.05) is 0 Å². The summed E-state index contributed by atoms with van der Waals surface area (Å²) in [6.45, 7) is 2.61. The highest BCUT2D eigenvalue weighted by Crippen LogP contribution is 1.95. The van der Waals surface area contributed by atoms with Crippen LogP contribution in [0.15, 0.2) is 11.8 Å². The average Bonchev–Trinajstić information content (AvgIpc) is 2.21. The van der Waals surface area contributed by atoms with Crippen molar-refractivity contribution >= 4 is 5.97 Å². The Morgan fingerprint density at radius 2 is 2.07 bits per heavy atom. The molecule has 0 aliphatic carbocycles. The molecule has 0 unspecified atom stereocenters. The minimum absolute atomic E-state index is 0.00295. The van der Waals surface area contributed by atoms with Crippen molar-refractivity contribution in [1.82, 2.24) is 0 Å². The number of methoxy groups -OCH3 is 1. The largest absolute Gasteiger partial charge is 0.498 e. The van der Waals surface area contributed by atoms with Gasteiger partial charge < -0.3 is 19.3 Å². The van der Waals surface area contributed by atoms with Crippen LogP contribution in [0.25, 0.3) is 0 Å². The third kappa shape index (κ3) is 6.45. The Bertz CT molecular complexity index is 188. The van der Waals surface area contributed by atoms with E-state index in [1.165, 1.54) is 13.4 Å². The summed E-state index contributed by atoms with van der Waals surface area (Å²) in [5.41, 5.74) is 0.398. The molecule has 0 aromatic heterocycles. The number of esters is 1. The summed E-state index contributed by atoms with van der Waals surface area (Å²) in [7, 11) is 1.31. The molecule has 0 aromatic carbocycles. The Morgan fingerprint density at radius 3 is 2.64 bits per heavy atom. The van der Waals surface area contributed by atoms with E-state index < -0.39 is 5.97 Å². The summed E-state index contributed by atoms with van der Waals surface area (Å²) in [6.07, 6.45) is 1.33. The lowest BCUT2D eigenvalue weighted by atomic mass is 10.3. The molecule has 0 heterocycles. The van der Waals surface area contributed by atoms with Crippen molar-refractivity contribution < 1.29 is 24.1 Å². The van der Waals surface area contributed by atoms with Crippen molar-refractivity contribution in [1.29, 1.82) is 0 Å². The first-order valence-corrected chi connectivity index (χ1v) is 4.27. The number of rotatable bonds is 7.